The SMILES string of the molecule is CCN(C(=O)c1cccc2ccccc12)C(COC)C(=O)O. The van der Waals surface area contributed by atoms with Gasteiger partial charge in [0.15, 0.2) is 6.04 Å². The molecule has 0 saturated carbocycles. The molecule has 0 aromatic heterocycles. The Kier molecular flexibility index (Phi) is 5.12. The first-order chi connectivity index (χ1) is 10.6. The van der Waals surface area contributed by atoms with Gasteiger partial charge in [-0.15, -0.1) is 0 Å². The Labute approximate surface area is 129 Å². The molecule has 0 heterocycles. The minimum absolute atomic E-state index is 0.0420. The molecule has 1 amide bonds. The first kappa shape index (κ1) is 16.0. The van der Waals surface area contributed by atoms with E-state index in [-0.39, 0.29) is 12.5 Å². The molecular weight excluding hydrogens is 282 g/mol. The maximum Gasteiger partial charge on any atom is 0.328 e. The number of ether oxygens (including phenoxy) is 1. The van der Waals surface area contributed by atoms with E-state index in [4.69, 9.17) is 4.74 Å². The molecule has 5 heteroatoms. The number of amides is 1. The number of hydrogen-bond acceptors (Lipinski definition) is 3. The molecule has 0 spiro atoms. The lowest BCUT2D eigenvalue weighted by molar-refractivity contribution is -0.144. The number of fused-ring (bicyclic) bond motifs is 1. The van der Waals surface area contributed by atoms with Gasteiger partial charge in [-0.05, 0) is 23.8 Å². The van der Waals surface area contributed by atoms with E-state index in [1.165, 1.54) is 12.0 Å². The van der Waals surface area contributed by atoms with Gasteiger partial charge in [-0.3, -0.25) is 4.79 Å². The minimum Gasteiger partial charge on any atom is -0.480 e. The van der Waals surface area contributed by atoms with Gasteiger partial charge in [-0.25, -0.2) is 4.79 Å². The topological polar surface area (TPSA) is 66.8 Å². The van der Waals surface area contributed by atoms with Crippen LogP contribution in [-0.2, 0) is 9.53 Å². The van der Waals surface area contributed by atoms with Gasteiger partial charge in [0.2, 0.25) is 0 Å². The number of carboxylic acid groups (broad SMARTS) is 1. The van der Waals surface area contributed by atoms with E-state index in [0.29, 0.717) is 12.1 Å². The first-order valence-electron chi connectivity index (χ1n) is 7.10. The minimum atomic E-state index is -1.07. The van der Waals surface area contributed by atoms with Crippen LogP contribution in [0.1, 0.15) is 17.3 Å². The molecule has 22 heavy (non-hydrogen) atoms. The zero-order valence-electron chi connectivity index (χ0n) is 12.7. The highest BCUT2D eigenvalue weighted by Crippen LogP contribution is 2.21. The van der Waals surface area contributed by atoms with Crippen LogP contribution in [0.15, 0.2) is 42.5 Å². The van der Waals surface area contributed by atoms with Crippen molar-refractivity contribution in [1.82, 2.24) is 4.90 Å². The predicted molar refractivity (Wildman–Crippen MR) is 84.0 cm³/mol. The number of aliphatic carboxylic acids is 1. The van der Waals surface area contributed by atoms with E-state index < -0.39 is 12.0 Å². The van der Waals surface area contributed by atoms with Gasteiger partial charge in [-0.1, -0.05) is 36.4 Å². The Morgan fingerprint density at radius 1 is 1.18 bits per heavy atom. The lowest BCUT2D eigenvalue weighted by atomic mass is 10.0. The zero-order chi connectivity index (χ0) is 16.1. The van der Waals surface area contributed by atoms with Gasteiger partial charge < -0.3 is 14.7 Å². The number of hydrogen-bond donors (Lipinski definition) is 1. The molecule has 0 fully saturated rings. The van der Waals surface area contributed by atoms with E-state index in [1.807, 2.05) is 30.3 Å². The number of carboxylic acids is 1. The fourth-order valence-corrected chi connectivity index (χ4v) is 2.52. The second kappa shape index (κ2) is 7.04. The third-order valence-electron chi connectivity index (χ3n) is 3.61. The molecule has 1 unspecified atom stereocenters. The van der Waals surface area contributed by atoms with Crippen molar-refractivity contribution in [1.29, 1.82) is 0 Å². The third kappa shape index (κ3) is 3.09. The normalized spacial score (nSPS) is 12.1. The van der Waals surface area contributed by atoms with Crippen LogP contribution < -0.4 is 0 Å². The number of likely N-dealkylation sites (N-methyl/N-ethyl adjacent to an activating group) is 1. The van der Waals surface area contributed by atoms with Crippen molar-refractivity contribution in [2.24, 2.45) is 0 Å². The summed E-state index contributed by atoms with van der Waals surface area (Å²) in [7, 11) is 1.42. The standard InChI is InChI=1S/C17H19NO4/c1-3-18(15(11-22-2)17(20)21)16(19)14-10-6-8-12-7-4-5-9-13(12)14/h4-10,15H,3,11H2,1-2H3,(H,20,21). The molecule has 0 aliphatic heterocycles. The van der Waals surface area contributed by atoms with Crippen molar-refractivity contribution in [3.05, 3.63) is 48.0 Å². The fourth-order valence-electron chi connectivity index (χ4n) is 2.52. The summed E-state index contributed by atoms with van der Waals surface area (Å²) in [5, 5.41) is 11.1. The lowest BCUT2D eigenvalue weighted by Crippen LogP contribution is -2.47. The van der Waals surface area contributed by atoms with Crippen LogP contribution in [0.5, 0.6) is 0 Å². The zero-order valence-corrected chi connectivity index (χ0v) is 12.7. The Bertz CT molecular complexity index is 678. The van der Waals surface area contributed by atoms with Gasteiger partial charge in [0.05, 0.1) is 6.61 Å². The van der Waals surface area contributed by atoms with Crippen molar-refractivity contribution < 1.29 is 19.4 Å². The molecule has 0 radical (unpaired) electrons. The first-order valence-corrected chi connectivity index (χ1v) is 7.10. The summed E-state index contributed by atoms with van der Waals surface area (Å²) in [5.74, 6) is -1.37. The molecule has 2 aromatic rings. The van der Waals surface area contributed by atoms with E-state index >= 15 is 0 Å². The van der Waals surface area contributed by atoms with Crippen LogP contribution in [0.25, 0.3) is 10.8 Å². The Hall–Kier alpha value is -2.40. The Morgan fingerprint density at radius 2 is 1.86 bits per heavy atom. The molecule has 0 bridgehead atoms. The van der Waals surface area contributed by atoms with Crippen LogP contribution in [0.4, 0.5) is 0 Å². The van der Waals surface area contributed by atoms with Gasteiger partial charge in [-0.2, -0.15) is 0 Å². The summed E-state index contributed by atoms with van der Waals surface area (Å²) in [6.45, 7) is 2.01. The number of benzene rings is 2. The predicted octanol–water partition coefficient (Wildman–Crippen LogP) is 2.40. The molecule has 5 nitrogen and oxygen atoms in total. The maximum absolute atomic E-state index is 12.8. The largest absolute Gasteiger partial charge is 0.480 e. The number of carbonyl (C=O) groups is 2. The van der Waals surface area contributed by atoms with Crippen molar-refractivity contribution >= 4 is 22.6 Å². The highest BCUT2D eigenvalue weighted by Gasteiger charge is 2.29. The molecule has 116 valence electrons. The molecule has 1 N–H and O–H groups in total. The van der Waals surface area contributed by atoms with Gasteiger partial charge in [0.25, 0.3) is 5.91 Å². The molecule has 0 aliphatic rings. The summed E-state index contributed by atoms with van der Waals surface area (Å²) in [6.07, 6.45) is 0. The van der Waals surface area contributed by atoms with E-state index in [2.05, 4.69) is 0 Å². The van der Waals surface area contributed by atoms with E-state index in [1.54, 1.807) is 19.1 Å². The maximum atomic E-state index is 12.8. The van der Waals surface area contributed by atoms with Gasteiger partial charge in [0, 0.05) is 19.2 Å². The monoisotopic (exact) mass is 301 g/mol. The van der Waals surface area contributed by atoms with E-state index in [9.17, 15) is 14.7 Å². The van der Waals surface area contributed by atoms with Crippen molar-refractivity contribution in [2.75, 3.05) is 20.3 Å². The van der Waals surface area contributed by atoms with Crippen LogP contribution in [-0.4, -0.2) is 48.2 Å². The second-order valence-corrected chi connectivity index (χ2v) is 4.93. The van der Waals surface area contributed by atoms with Crippen LogP contribution in [0.3, 0.4) is 0 Å². The van der Waals surface area contributed by atoms with Crippen molar-refractivity contribution in [2.45, 2.75) is 13.0 Å². The van der Waals surface area contributed by atoms with Crippen LogP contribution in [0, 0.1) is 0 Å². The summed E-state index contributed by atoms with van der Waals surface area (Å²) in [5.41, 5.74) is 0.502. The van der Waals surface area contributed by atoms with Crippen molar-refractivity contribution in [3.8, 4) is 0 Å². The molecule has 1 atom stereocenters. The summed E-state index contributed by atoms with van der Waals surface area (Å²) >= 11 is 0. The van der Waals surface area contributed by atoms with Crippen LogP contribution in [0.2, 0.25) is 0 Å². The fraction of sp³-hybridized carbons (Fsp3) is 0.294. The quantitative estimate of drug-likeness (QED) is 0.889. The Balaban J connectivity index is 2.44. The summed E-state index contributed by atoms with van der Waals surface area (Å²) in [4.78, 5) is 25.6. The molecular formula is C17H19NO4. The second-order valence-electron chi connectivity index (χ2n) is 4.93. The summed E-state index contributed by atoms with van der Waals surface area (Å²) < 4.78 is 4.95. The average molecular weight is 301 g/mol. The highest BCUT2D eigenvalue weighted by molar-refractivity contribution is 6.07. The Morgan fingerprint density at radius 3 is 2.50 bits per heavy atom. The van der Waals surface area contributed by atoms with Gasteiger partial charge in [0.1, 0.15) is 0 Å². The highest BCUT2D eigenvalue weighted by atomic mass is 16.5. The van der Waals surface area contributed by atoms with Crippen LogP contribution >= 0.6 is 0 Å². The average Bonchev–Trinajstić information content (AvgIpc) is 2.53. The van der Waals surface area contributed by atoms with Crippen molar-refractivity contribution in [3.63, 3.8) is 0 Å². The molecule has 2 aromatic carbocycles. The van der Waals surface area contributed by atoms with Gasteiger partial charge >= 0.3 is 5.97 Å². The lowest BCUT2D eigenvalue weighted by Gasteiger charge is -2.27. The third-order valence-corrected chi connectivity index (χ3v) is 3.61. The number of rotatable bonds is 6. The summed E-state index contributed by atoms with van der Waals surface area (Å²) in [6, 6.07) is 12.0. The number of carbonyl (C=O) groups excluding carboxylic acids is 1. The molecule has 0 aliphatic carbocycles. The molecule has 2 rings (SSSR count). The van der Waals surface area contributed by atoms with E-state index in [0.717, 1.165) is 10.8 Å². The number of nitrogens with zero attached hydrogens (tertiary/aromatic N) is 1. The smallest absolute Gasteiger partial charge is 0.328 e. The number of methoxy groups -OCH3 is 1. The molecule has 0 saturated heterocycles.